The molecule has 0 atom stereocenters. The summed E-state index contributed by atoms with van der Waals surface area (Å²) in [4.78, 5) is 39.7. The third-order valence-corrected chi connectivity index (χ3v) is 13.6. The van der Waals surface area contributed by atoms with E-state index < -0.39 is 0 Å². The van der Waals surface area contributed by atoms with Crippen LogP contribution in [0.3, 0.4) is 0 Å². The topological polar surface area (TPSA) is 129 Å². The quantitative estimate of drug-likeness (QED) is 0.0783. The van der Waals surface area contributed by atoms with Crippen molar-refractivity contribution in [2.45, 2.75) is 157 Å². The molecule has 3 aromatic heterocycles. The molecule has 0 unspecified atom stereocenters. The lowest BCUT2D eigenvalue weighted by molar-refractivity contribution is 0.475. The zero-order chi connectivity index (χ0) is 45.0. The number of nitrogens with one attached hydrogen (secondary N) is 2. The summed E-state index contributed by atoms with van der Waals surface area (Å²) in [7, 11) is 0. The highest BCUT2D eigenvalue weighted by Crippen LogP contribution is 2.40. The molecule has 0 saturated heterocycles. The predicted octanol–water partition coefficient (Wildman–Crippen LogP) is 14.6. The number of aromatic nitrogens is 8. The number of fused-ring (bicyclic) bond motifs is 20. The molecule has 2 aliphatic heterocycles. The zero-order valence-electron chi connectivity index (χ0n) is 39.6. The Bertz CT molecular complexity index is 3050. The van der Waals surface area contributed by atoms with Gasteiger partial charge in [-0.1, -0.05) is 80.1 Å². The molecule has 7 aromatic rings. The Balaban J connectivity index is 1.43. The van der Waals surface area contributed by atoms with Crippen LogP contribution >= 0.6 is 0 Å². The molecule has 0 aliphatic carbocycles. The summed E-state index contributed by atoms with van der Waals surface area (Å²) in [5, 5.41) is 14.9. The number of nitrogens with zero attached hydrogens (tertiary/aromatic N) is 6. The molecular formula is C56H66N8O. The number of aromatic amines is 2. The summed E-state index contributed by atoms with van der Waals surface area (Å²) in [6, 6.07) is 19.5. The van der Waals surface area contributed by atoms with Crippen LogP contribution in [0.5, 0.6) is 5.75 Å². The van der Waals surface area contributed by atoms with E-state index in [1.165, 1.54) is 33.4 Å². The van der Waals surface area contributed by atoms with Gasteiger partial charge in [0.1, 0.15) is 28.3 Å². The maximum Gasteiger partial charge on any atom is 0.164 e. The Morgan fingerprint density at radius 1 is 0.338 bits per heavy atom. The van der Waals surface area contributed by atoms with E-state index in [4.69, 9.17) is 29.9 Å². The molecule has 0 spiro atoms. The Labute approximate surface area is 384 Å². The monoisotopic (exact) mass is 867 g/mol. The second-order valence-electron chi connectivity index (χ2n) is 18.5. The maximum atomic E-state index is 10.9. The van der Waals surface area contributed by atoms with Crippen LogP contribution in [0, 0.1) is 0 Å². The van der Waals surface area contributed by atoms with Crippen molar-refractivity contribution in [2.24, 2.45) is 0 Å². The van der Waals surface area contributed by atoms with Gasteiger partial charge in [0.05, 0.1) is 0 Å². The van der Waals surface area contributed by atoms with Gasteiger partial charge in [0.25, 0.3) is 0 Å². The summed E-state index contributed by atoms with van der Waals surface area (Å²) in [5.41, 5.74) is 14.6. The lowest BCUT2D eigenvalue weighted by Crippen LogP contribution is -1.97. The fraction of sp³-hybridized carbons (Fsp3) is 0.429. The minimum Gasteiger partial charge on any atom is -0.508 e. The molecule has 9 rings (SSSR count). The molecule has 65 heavy (non-hydrogen) atoms. The average Bonchev–Trinajstić information content (AvgIpc) is 4.03. The number of phenolic OH excluding ortho intramolecular Hbond substituents is 1. The van der Waals surface area contributed by atoms with Crippen LogP contribution in [0.15, 0.2) is 54.6 Å². The number of hydrogen-bond acceptors (Lipinski definition) is 7. The van der Waals surface area contributed by atoms with Gasteiger partial charge in [-0.25, -0.2) is 29.9 Å². The van der Waals surface area contributed by atoms with Crippen molar-refractivity contribution in [3.63, 3.8) is 0 Å². The van der Waals surface area contributed by atoms with Crippen molar-refractivity contribution < 1.29 is 5.11 Å². The number of benzene rings is 4. The van der Waals surface area contributed by atoms with Gasteiger partial charge in [-0.2, -0.15) is 0 Å². The molecule has 9 nitrogen and oxygen atoms in total. The average molecular weight is 867 g/mol. The van der Waals surface area contributed by atoms with Gasteiger partial charge < -0.3 is 15.1 Å². The van der Waals surface area contributed by atoms with Crippen LogP contribution in [0.2, 0.25) is 0 Å². The van der Waals surface area contributed by atoms with Crippen LogP contribution in [0.1, 0.15) is 152 Å². The second kappa shape index (κ2) is 19.6. The number of H-pyrrole nitrogens is 2. The first-order valence-electron chi connectivity index (χ1n) is 25.0. The van der Waals surface area contributed by atoms with E-state index in [0.29, 0.717) is 34.6 Å². The number of aryl methyl sites for hydroxylation is 6. The molecule has 2 aliphatic rings. The van der Waals surface area contributed by atoms with Gasteiger partial charge in [0, 0.05) is 43.8 Å². The van der Waals surface area contributed by atoms with Gasteiger partial charge in [-0.05, 0) is 165 Å². The SMILES string of the molecule is CCCCc1cc2c(cc1CCCC)-c1nc-2nc2[nH]c(nc3nc(nc4[nH]c(n1)c1cc(CCCC)c(CCCC)cc41)-c1cc(O)ccc1-3)c1cc(CCCC)c(CCCC)cc21. The second-order valence-corrected chi connectivity index (χ2v) is 18.5. The Kier molecular flexibility index (Phi) is 13.4. The molecule has 3 N–H and O–H groups in total. The van der Waals surface area contributed by atoms with Crippen molar-refractivity contribution in [1.29, 1.82) is 0 Å². The highest BCUT2D eigenvalue weighted by molar-refractivity contribution is 6.07. The predicted molar refractivity (Wildman–Crippen MR) is 269 cm³/mol. The first-order valence-corrected chi connectivity index (χ1v) is 25.0. The van der Waals surface area contributed by atoms with Crippen molar-refractivity contribution in [3.05, 3.63) is 88.0 Å². The van der Waals surface area contributed by atoms with E-state index in [1.807, 2.05) is 6.07 Å². The standard InChI is InChI=1S/C56H66N8O/c1-7-13-19-34-27-42-43(28-35(34)20-14-8-2)51-59-50(42)57-49-41-26-25-40(65)33-48(41)56(58-49)64-55-47-32-39(24-18-12-6)38(23-17-11-5)31-46(47)54(63-55)62-53-45-30-37(22-16-10-4)36(21-15-9-3)29-44(45)52(60-51)61-53/h25-33,65H,7-24H2,1-6H3,(H2,57,58,59,60,61,62,63,64). The maximum absolute atomic E-state index is 10.9. The lowest BCUT2D eigenvalue weighted by Gasteiger charge is -2.12. The largest absolute Gasteiger partial charge is 0.508 e. The van der Waals surface area contributed by atoms with Crippen molar-refractivity contribution in [1.82, 2.24) is 39.9 Å². The van der Waals surface area contributed by atoms with Gasteiger partial charge in [0.2, 0.25) is 0 Å². The molecule has 0 radical (unpaired) electrons. The van der Waals surface area contributed by atoms with Gasteiger partial charge in [-0.3, -0.25) is 0 Å². The van der Waals surface area contributed by atoms with Gasteiger partial charge >= 0.3 is 0 Å². The number of aromatic hydroxyl groups is 1. The van der Waals surface area contributed by atoms with E-state index in [9.17, 15) is 5.11 Å². The number of hydrogen-bond donors (Lipinski definition) is 3. The van der Waals surface area contributed by atoms with Crippen LogP contribution in [0.4, 0.5) is 0 Å². The van der Waals surface area contributed by atoms with Gasteiger partial charge in [0.15, 0.2) is 23.3 Å². The molecule has 0 amide bonds. The van der Waals surface area contributed by atoms with Crippen molar-refractivity contribution >= 4 is 44.1 Å². The van der Waals surface area contributed by atoms with E-state index in [-0.39, 0.29) is 5.75 Å². The van der Waals surface area contributed by atoms with Crippen molar-refractivity contribution in [3.8, 4) is 51.3 Å². The first kappa shape index (κ1) is 44.3. The fourth-order valence-corrected chi connectivity index (χ4v) is 9.79. The molecule has 336 valence electrons. The normalized spacial score (nSPS) is 12.1. The number of phenols is 1. The molecule has 5 heterocycles. The summed E-state index contributed by atoms with van der Waals surface area (Å²) in [6.45, 7) is 13.6. The lowest BCUT2D eigenvalue weighted by atomic mass is 9.92. The van der Waals surface area contributed by atoms with Crippen LogP contribution in [-0.4, -0.2) is 45.0 Å². The molecule has 4 aromatic carbocycles. The van der Waals surface area contributed by atoms with E-state index in [1.54, 1.807) is 12.1 Å². The van der Waals surface area contributed by atoms with Crippen LogP contribution in [0.25, 0.3) is 89.7 Å². The third kappa shape index (κ3) is 8.91. The highest BCUT2D eigenvalue weighted by atomic mass is 16.3. The summed E-state index contributed by atoms with van der Waals surface area (Å²) in [6.07, 6.45) is 19.6. The zero-order valence-corrected chi connectivity index (χ0v) is 39.6. The first-order chi connectivity index (χ1) is 31.8. The highest BCUT2D eigenvalue weighted by Gasteiger charge is 2.25. The Morgan fingerprint density at radius 3 is 0.923 bits per heavy atom. The smallest absolute Gasteiger partial charge is 0.164 e. The Hall–Kier alpha value is -5.96. The number of unbranched alkanes of at least 4 members (excludes halogenated alkanes) is 6. The van der Waals surface area contributed by atoms with Gasteiger partial charge in [-0.15, -0.1) is 0 Å². The third-order valence-electron chi connectivity index (χ3n) is 13.6. The van der Waals surface area contributed by atoms with E-state index in [2.05, 4.69) is 87.9 Å². The van der Waals surface area contributed by atoms with Crippen molar-refractivity contribution in [2.75, 3.05) is 0 Å². The van der Waals surface area contributed by atoms with E-state index in [0.717, 1.165) is 171 Å². The summed E-state index contributed by atoms with van der Waals surface area (Å²) in [5.74, 6) is 2.50. The molecule has 0 saturated carbocycles. The fourth-order valence-electron chi connectivity index (χ4n) is 9.79. The minimum atomic E-state index is 0.153. The summed E-state index contributed by atoms with van der Waals surface area (Å²) >= 11 is 0. The molecule has 8 bridgehead atoms. The molecular weight excluding hydrogens is 801 g/mol. The molecule has 0 fully saturated rings. The minimum absolute atomic E-state index is 0.153. The Morgan fingerprint density at radius 2 is 0.615 bits per heavy atom. The van der Waals surface area contributed by atoms with E-state index >= 15 is 0 Å². The number of rotatable bonds is 18. The van der Waals surface area contributed by atoms with Crippen LogP contribution < -0.4 is 0 Å². The summed E-state index contributed by atoms with van der Waals surface area (Å²) < 4.78 is 0. The van der Waals surface area contributed by atoms with Crippen LogP contribution in [-0.2, 0) is 38.5 Å². The molecule has 9 heteroatoms.